The maximum absolute atomic E-state index is 13.1. The SMILES string of the molecule is O=C(C1CCc2nc(-c3ccccc3)sc2C1)N1CCC2(CC1)OCCO2. The summed E-state index contributed by atoms with van der Waals surface area (Å²) < 4.78 is 11.6. The molecule has 2 fully saturated rings. The molecule has 1 amide bonds. The molecule has 1 unspecified atom stereocenters. The summed E-state index contributed by atoms with van der Waals surface area (Å²) in [6.45, 7) is 2.82. The minimum Gasteiger partial charge on any atom is -0.347 e. The average molecular weight is 385 g/mol. The van der Waals surface area contributed by atoms with Crippen LogP contribution in [-0.4, -0.2) is 47.9 Å². The molecule has 0 saturated carbocycles. The van der Waals surface area contributed by atoms with Gasteiger partial charge in [-0.05, 0) is 19.3 Å². The van der Waals surface area contributed by atoms with Crippen LogP contribution in [0.15, 0.2) is 30.3 Å². The van der Waals surface area contributed by atoms with Gasteiger partial charge in [-0.25, -0.2) is 4.98 Å². The highest BCUT2D eigenvalue weighted by Crippen LogP contribution is 2.36. The molecule has 2 aliphatic heterocycles. The Morgan fingerprint density at radius 1 is 1.15 bits per heavy atom. The summed E-state index contributed by atoms with van der Waals surface area (Å²) in [5.41, 5.74) is 2.35. The largest absolute Gasteiger partial charge is 0.347 e. The molecule has 0 radical (unpaired) electrons. The average Bonchev–Trinajstić information content (AvgIpc) is 3.35. The summed E-state index contributed by atoms with van der Waals surface area (Å²) >= 11 is 1.75. The van der Waals surface area contributed by atoms with Gasteiger partial charge in [0.05, 0.1) is 18.9 Å². The maximum Gasteiger partial charge on any atom is 0.226 e. The van der Waals surface area contributed by atoms with Crippen LogP contribution in [0.2, 0.25) is 0 Å². The Bertz CT molecular complexity index is 819. The van der Waals surface area contributed by atoms with Crippen molar-refractivity contribution in [1.29, 1.82) is 0 Å². The van der Waals surface area contributed by atoms with Gasteiger partial charge in [-0.15, -0.1) is 11.3 Å². The number of fused-ring (bicyclic) bond motifs is 1. The summed E-state index contributed by atoms with van der Waals surface area (Å²) in [5.74, 6) is -0.0390. The molecule has 6 heteroatoms. The molecule has 5 rings (SSSR count). The van der Waals surface area contributed by atoms with Gasteiger partial charge in [0.2, 0.25) is 5.91 Å². The number of carbonyl (C=O) groups is 1. The van der Waals surface area contributed by atoms with Crippen LogP contribution in [0.25, 0.3) is 10.6 Å². The van der Waals surface area contributed by atoms with Crippen LogP contribution in [-0.2, 0) is 27.1 Å². The van der Waals surface area contributed by atoms with Gasteiger partial charge >= 0.3 is 0 Å². The molecular formula is C21H24N2O3S. The third-order valence-corrected chi connectivity index (χ3v) is 7.13. The van der Waals surface area contributed by atoms with Crippen LogP contribution in [0.3, 0.4) is 0 Å². The van der Waals surface area contributed by atoms with E-state index in [4.69, 9.17) is 14.5 Å². The number of rotatable bonds is 2. The number of hydrogen-bond donors (Lipinski definition) is 0. The lowest BCUT2D eigenvalue weighted by molar-refractivity contribution is -0.188. The second kappa shape index (κ2) is 7.00. The first-order chi connectivity index (χ1) is 13.2. The number of likely N-dealkylation sites (tertiary alicyclic amines) is 1. The van der Waals surface area contributed by atoms with Crippen molar-refractivity contribution in [1.82, 2.24) is 9.88 Å². The smallest absolute Gasteiger partial charge is 0.226 e. The van der Waals surface area contributed by atoms with E-state index in [1.165, 1.54) is 10.6 Å². The highest BCUT2D eigenvalue weighted by atomic mass is 32.1. The number of ether oxygens (including phenoxy) is 2. The van der Waals surface area contributed by atoms with Crippen molar-refractivity contribution in [3.63, 3.8) is 0 Å². The molecule has 3 heterocycles. The van der Waals surface area contributed by atoms with E-state index in [0.29, 0.717) is 19.1 Å². The standard InChI is InChI=1S/C21H24N2O3S/c24-20(23-10-8-21(9-11-23)25-12-13-26-21)16-6-7-17-18(14-16)27-19(22-17)15-4-2-1-3-5-15/h1-5,16H,6-14H2. The number of thiazole rings is 1. The van der Waals surface area contributed by atoms with E-state index in [1.54, 1.807) is 11.3 Å². The summed E-state index contributed by atoms with van der Waals surface area (Å²) in [6, 6.07) is 10.3. The summed E-state index contributed by atoms with van der Waals surface area (Å²) in [7, 11) is 0. The molecule has 27 heavy (non-hydrogen) atoms. The number of amides is 1. The van der Waals surface area contributed by atoms with Gasteiger partial charge in [-0.2, -0.15) is 0 Å². The second-order valence-corrected chi connectivity index (χ2v) is 8.71. The monoisotopic (exact) mass is 384 g/mol. The van der Waals surface area contributed by atoms with Crippen molar-refractivity contribution < 1.29 is 14.3 Å². The van der Waals surface area contributed by atoms with E-state index in [0.717, 1.165) is 55.8 Å². The number of carbonyl (C=O) groups excluding carboxylic acids is 1. The van der Waals surface area contributed by atoms with Crippen molar-refractivity contribution >= 4 is 17.2 Å². The Morgan fingerprint density at radius 3 is 2.63 bits per heavy atom. The number of hydrogen-bond acceptors (Lipinski definition) is 5. The molecule has 1 aromatic heterocycles. The minimum atomic E-state index is -0.418. The molecule has 5 nitrogen and oxygen atoms in total. The zero-order chi connectivity index (χ0) is 18.3. The Hall–Kier alpha value is -1.76. The molecule has 1 atom stereocenters. The Kier molecular flexibility index (Phi) is 4.50. The van der Waals surface area contributed by atoms with E-state index >= 15 is 0 Å². The molecule has 1 aliphatic carbocycles. The van der Waals surface area contributed by atoms with Crippen LogP contribution in [0.5, 0.6) is 0 Å². The fraction of sp³-hybridized carbons (Fsp3) is 0.524. The van der Waals surface area contributed by atoms with Crippen LogP contribution < -0.4 is 0 Å². The van der Waals surface area contributed by atoms with Crippen LogP contribution in [0.4, 0.5) is 0 Å². The summed E-state index contributed by atoms with van der Waals surface area (Å²) in [4.78, 5) is 21.2. The highest BCUT2D eigenvalue weighted by Gasteiger charge is 2.42. The molecule has 2 aromatic rings. The fourth-order valence-corrected chi connectivity index (χ4v) is 5.59. The Morgan fingerprint density at radius 2 is 1.89 bits per heavy atom. The first kappa shape index (κ1) is 17.3. The van der Waals surface area contributed by atoms with E-state index in [2.05, 4.69) is 12.1 Å². The first-order valence-corrected chi connectivity index (χ1v) is 10.6. The Balaban J connectivity index is 1.25. The van der Waals surface area contributed by atoms with Crippen molar-refractivity contribution in [3.8, 4) is 10.6 Å². The van der Waals surface area contributed by atoms with Crippen LogP contribution in [0.1, 0.15) is 29.8 Å². The van der Waals surface area contributed by atoms with E-state index in [-0.39, 0.29) is 5.92 Å². The zero-order valence-corrected chi connectivity index (χ0v) is 16.2. The number of piperidine rings is 1. The van der Waals surface area contributed by atoms with Crippen molar-refractivity contribution in [3.05, 3.63) is 40.9 Å². The highest BCUT2D eigenvalue weighted by molar-refractivity contribution is 7.15. The number of aromatic nitrogens is 1. The maximum atomic E-state index is 13.1. The third kappa shape index (κ3) is 3.30. The molecular weight excluding hydrogens is 360 g/mol. The van der Waals surface area contributed by atoms with Gasteiger partial charge < -0.3 is 14.4 Å². The lowest BCUT2D eigenvalue weighted by atomic mass is 9.89. The molecule has 2 saturated heterocycles. The normalized spacial score (nSPS) is 24.1. The molecule has 142 valence electrons. The molecule has 0 bridgehead atoms. The third-order valence-electron chi connectivity index (χ3n) is 5.96. The van der Waals surface area contributed by atoms with Gasteiger partial charge in [0.15, 0.2) is 5.79 Å². The quantitative estimate of drug-likeness (QED) is 0.797. The molecule has 0 N–H and O–H groups in total. The van der Waals surface area contributed by atoms with Gasteiger partial charge in [0.1, 0.15) is 5.01 Å². The van der Waals surface area contributed by atoms with Gasteiger partial charge in [-0.3, -0.25) is 4.79 Å². The van der Waals surface area contributed by atoms with E-state index in [9.17, 15) is 4.79 Å². The predicted molar refractivity (Wildman–Crippen MR) is 104 cm³/mol. The molecule has 3 aliphatic rings. The van der Waals surface area contributed by atoms with Gasteiger partial charge in [-0.1, -0.05) is 30.3 Å². The molecule has 1 spiro atoms. The number of aryl methyl sites for hydroxylation is 1. The lowest BCUT2D eigenvalue weighted by Gasteiger charge is -2.39. The van der Waals surface area contributed by atoms with Crippen LogP contribution >= 0.6 is 11.3 Å². The van der Waals surface area contributed by atoms with Gasteiger partial charge in [0.25, 0.3) is 0 Å². The summed E-state index contributed by atoms with van der Waals surface area (Å²) in [6.07, 6.45) is 4.20. The minimum absolute atomic E-state index is 0.0843. The van der Waals surface area contributed by atoms with Crippen molar-refractivity contribution in [2.45, 2.75) is 37.9 Å². The van der Waals surface area contributed by atoms with E-state index in [1.807, 2.05) is 23.1 Å². The summed E-state index contributed by atoms with van der Waals surface area (Å²) in [5, 5.41) is 1.07. The second-order valence-electron chi connectivity index (χ2n) is 7.63. The number of nitrogens with zero attached hydrogens (tertiary/aromatic N) is 2. The zero-order valence-electron chi connectivity index (χ0n) is 15.4. The van der Waals surface area contributed by atoms with E-state index < -0.39 is 5.79 Å². The topological polar surface area (TPSA) is 51.7 Å². The predicted octanol–water partition coefficient (Wildman–Crippen LogP) is 3.28. The first-order valence-electron chi connectivity index (χ1n) is 9.83. The van der Waals surface area contributed by atoms with Gasteiger partial charge in [0, 0.05) is 42.3 Å². The van der Waals surface area contributed by atoms with Crippen LogP contribution in [0, 0.1) is 5.92 Å². The molecule has 1 aromatic carbocycles. The van der Waals surface area contributed by atoms with Crippen molar-refractivity contribution in [2.24, 2.45) is 5.92 Å². The Labute approximate surface area is 163 Å². The lowest BCUT2D eigenvalue weighted by Crippen LogP contribution is -2.49. The number of benzene rings is 1. The van der Waals surface area contributed by atoms with Crippen molar-refractivity contribution in [2.75, 3.05) is 26.3 Å². The fourth-order valence-electron chi connectivity index (χ4n) is 4.40.